The molecule has 0 N–H and O–H groups in total. The van der Waals surface area contributed by atoms with Crippen LogP contribution in [0.4, 0.5) is 5.69 Å². The molecule has 1 atom stereocenters. The van der Waals surface area contributed by atoms with Gasteiger partial charge in [-0.3, -0.25) is 10.1 Å². The topological polar surface area (TPSA) is 104 Å². The van der Waals surface area contributed by atoms with Gasteiger partial charge in [-0.05, 0) is 32.4 Å². The fraction of sp³-hybridized carbons (Fsp3) is 0.462. The number of sulfonamides is 1. The van der Waals surface area contributed by atoms with E-state index in [2.05, 4.69) is 0 Å². The Balaban J connectivity index is 3.33. The predicted octanol–water partition coefficient (Wildman–Crippen LogP) is 1.99. The molecule has 1 aromatic carbocycles. The third-order valence-electron chi connectivity index (χ3n) is 3.27. The van der Waals surface area contributed by atoms with E-state index in [1.807, 2.05) is 6.07 Å². The summed E-state index contributed by atoms with van der Waals surface area (Å²) in [5.41, 5.74) is 0.742. The standard InChI is InChI=1S/C13H17N3O4S/c1-9(7-14)8-15(4)21(19,20)12-5-10(2)11(3)13(6-12)16(17)18/h5-6,9H,8H2,1-4H3. The molecule has 0 saturated heterocycles. The second kappa shape index (κ2) is 6.20. The van der Waals surface area contributed by atoms with Gasteiger partial charge in [0.1, 0.15) is 0 Å². The van der Waals surface area contributed by atoms with Crippen molar-refractivity contribution in [3.05, 3.63) is 33.4 Å². The van der Waals surface area contributed by atoms with Gasteiger partial charge in [0.15, 0.2) is 0 Å². The highest BCUT2D eigenvalue weighted by atomic mass is 32.2. The quantitative estimate of drug-likeness (QED) is 0.611. The lowest BCUT2D eigenvalue weighted by Gasteiger charge is -2.18. The van der Waals surface area contributed by atoms with Crippen LogP contribution < -0.4 is 0 Å². The van der Waals surface area contributed by atoms with Crippen molar-refractivity contribution < 1.29 is 13.3 Å². The second-order valence-corrected chi connectivity index (χ2v) is 7.00. The minimum Gasteiger partial charge on any atom is -0.258 e. The Hall–Kier alpha value is -1.98. The van der Waals surface area contributed by atoms with E-state index < -0.39 is 20.9 Å². The first kappa shape index (κ1) is 17.1. The first-order chi connectivity index (χ1) is 9.61. The number of benzene rings is 1. The normalized spacial score (nSPS) is 13.0. The molecule has 21 heavy (non-hydrogen) atoms. The zero-order valence-electron chi connectivity index (χ0n) is 12.3. The van der Waals surface area contributed by atoms with Crippen LogP contribution in [0.15, 0.2) is 17.0 Å². The van der Waals surface area contributed by atoms with Gasteiger partial charge >= 0.3 is 0 Å². The maximum absolute atomic E-state index is 12.4. The number of nitrogens with zero attached hydrogens (tertiary/aromatic N) is 3. The SMILES string of the molecule is Cc1cc(S(=O)(=O)N(C)CC(C)C#N)cc([N+](=O)[O-])c1C. The van der Waals surface area contributed by atoms with Gasteiger partial charge < -0.3 is 0 Å². The molecule has 7 nitrogen and oxygen atoms in total. The first-order valence-electron chi connectivity index (χ1n) is 6.22. The molecular weight excluding hydrogens is 294 g/mol. The Kier molecular flexibility index (Phi) is 5.04. The van der Waals surface area contributed by atoms with Gasteiger partial charge in [0.25, 0.3) is 5.69 Å². The average Bonchev–Trinajstić information content (AvgIpc) is 2.40. The highest BCUT2D eigenvalue weighted by Crippen LogP contribution is 2.27. The zero-order chi connectivity index (χ0) is 16.4. The van der Waals surface area contributed by atoms with Crippen LogP contribution in [0.25, 0.3) is 0 Å². The van der Waals surface area contributed by atoms with E-state index in [4.69, 9.17) is 5.26 Å². The maximum Gasteiger partial charge on any atom is 0.273 e. The molecule has 0 radical (unpaired) electrons. The summed E-state index contributed by atoms with van der Waals surface area (Å²) < 4.78 is 25.9. The van der Waals surface area contributed by atoms with Crippen LogP contribution in [0.2, 0.25) is 0 Å². The van der Waals surface area contributed by atoms with Crippen LogP contribution in [-0.4, -0.2) is 31.2 Å². The minimum atomic E-state index is -3.86. The van der Waals surface area contributed by atoms with E-state index in [-0.39, 0.29) is 17.1 Å². The van der Waals surface area contributed by atoms with E-state index in [0.29, 0.717) is 11.1 Å². The number of nitro groups is 1. The Morgan fingerprint density at radius 2 is 2.00 bits per heavy atom. The highest BCUT2D eigenvalue weighted by Gasteiger charge is 2.26. The monoisotopic (exact) mass is 311 g/mol. The number of aryl methyl sites for hydroxylation is 1. The van der Waals surface area contributed by atoms with Crippen LogP contribution in [0.5, 0.6) is 0 Å². The van der Waals surface area contributed by atoms with Crippen LogP contribution >= 0.6 is 0 Å². The molecule has 0 amide bonds. The molecule has 0 bridgehead atoms. The summed E-state index contributed by atoms with van der Waals surface area (Å²) in [5.74, 6) is -0.466. The van der Waals surface area contributed by atoms with Crippen molar-refractivity contribution in [1.82, 2.24) is 4.31 Å². The number of hydrogen-bond acceptors (Lipinski definition) is 5. The Bertz CT molecular complexity index is 707. The molecule has 0 spiro atoms. The predicted molar refractivity (Wildman–Crippen MR) is 77.2 cm³/mol. The molecule has 114 valence electrons. The molecule has 0 aliphatic rings. The van der Waals surface area contributed by atoms with Gasteiger partial charge in [0.05, 0.1) is 21.8 Å². The molecule has 0 aliphatic carbocycles. The zero-order valence-corrected chi connectivity index (χ0v) is 13.1. The van der Waals surface area contributed by atoms with Gasteiger partial charge in [-0.1, -0.05) is 0 Å². The van der Waals surface area contributed by atoms with Crippen molar-refractivity contribution in [3.63, 3.8) is 0 Å². The summed E-state index contributed by atoms with van der Waals surface area (Å²) in [5, 5.41) is 19.8. The van der Waals surface area contributed by atoms with Gasteiger partial charge in [-0.25, -0.2) is 8.42 Å². The van der Waals surface area contributed by atoms with Crippen molar-refractivity contribution in [2.24, 2.45) is 5.92 Å². The minimum absolute atomic E-state index is 0.0273. The van der Waals surface area contributed by atoms with Crippen molar-refractivity contribution in [1.29, 1.82) is 5.26 Å². The van der Waals surface area contributed by atoms with Crippen molar-refractivity contribution in [2.45, 2.75) is 25.7 Å². The Morgan fingerprint density at radius 3 is 2.48 bits per heavy atom. The third kappa shape index (κ3) is 3.56. The van der Waals surface area contributed by atoms with E-state index in [0.717, 1.165) is 10.4 Å². The summed E-state index contributed by atoms with van der Waals surface area (Å²) in [4.78, 5) is 10.3. The van der Waals surface area contributed by atoms with Crippen LogP contribution in [0.3, 0.4) is 0 Å². The number of hydrogen-bond donors (Lipinski definition) is 0. The fourth-order valence-electron chi connectivity index (χ4n) is 1.85. The lowest BCUT2D eigenvalue weighted by molar-refractivity contribution is -0.385. The van der Waals surface area contributed by atoms with Crippen molar-refractivity contribution in [3.8, 4) is 6.07 Å². The average molecular weight is 311 g/mol. The molecular formula is C13H17N3O4S. The van der Waals surface area contributed by atoms with Crippen molar-refractivity contribution >= 4 is 15.7 Å². The van der Waals surface area contributed by atoms with Gasteiger partial charge in [0, 0.05) is 25.2 Å². The third-order valence-corrected chi connectivity index (χ3v) is 5.07. The second-order valence-electron chi connectivity index (χ2n) is 4.96. The van der Waals surface area contributed by atoms with Gasteiger partial charge in [-0.15, -0.1) is 0 Å². The molecule has 0 aliphatic heterocycles. The Morgan fingerprint density at radius 1 is 1.43 bits per heavy atom. The molecule has 1 rings (SSSR count). The molecule has 1 unspecified atom stereocenters. The number of rotatable bonds is 5. The van der Waals surface area contributed by atoms with Gasteiger partial charge in [-0.2, -0.15) is 9.57 Å². The summed E-state index contributed by atoms with van der Waals surface area (Å²) in [6.07, 6.45) is 0. The van der Waals surface area contributed by atoms with E-state index in [1.165, 1.54) is 13.1 Å². The smallest absolute Gasteiger partial charge is 0.258 e. The number of nitriles is 1. The van der Waals surface area contributed by atoms with E-state index >= 15 is 0 Å². The summed E-state index contributed by atoms with van der Waals surface area (Å²) >= 11 is 0. The highest BCUT2D eigenvalue weighted by molar-refractivity contribution is 7.89. The summed E-state index contributed by atoms with van der Waals surface area (Å²) in [7, 11) is -2.51. The molecule has 0 fully saturated rings. The molecule has 1 aromatic rings. The molecule has 8 heteroatoms. The largest absolute Gasteiger partial charge is 0.273 e. The molecule has 0 heterocycles. The van der Waals surface area contributed by atoms with Crippen LogP contribution in [-0.2, 0) is 10.0 Å². The molecule has 0 aromatic heterocycles. The van der Waals surface area contributed by atoms with Crippen LogP contribution in [0.1, 0.15) is 18.1 Å². The first-order valence-corrected chi connectivity index (χ1v) is 7.66. The Labute approximate surface area is 124 Å². The summed E-state index contributed by atoms with van der Waals surface area (Å²) in [6, 6.07) is 4.42. The fourth-order valence-corrected chi connectivity index (χ4v) is 3.22. The molecule has 0 saturated carbocycles. The van der Waals surface area contributed by atoms with E-state index in [1.54, 1.807) is 20.8 Å². The van der Waals surface area contributed by atoms with Crippen molar-refractivity contribution in [2.75, 3.05) is 13.6 Å². The lowest BCUT2D eigenvalue weighted by Crippen LogP contribution is -2.31. The maximum atomic E-state index is 12.4. The van der Waals surface area contributed by atoms with Crippen LogP contribution in [0, 0.1) is 41.2 Å². The lowest BCUT2D eigenvalue weighted by atomic mass is 10.1. The summed E-state index contributed by atoms with van der Waals surface area (Å²) in [6.45, 7) is 4.83. The van der Waals surface area contributed by atoms with Gasteiger partial charge in [0.2, 0.25) is 10.0 Å². The number of nitro benzene ring substituents is 1. The van der Waals surface area contributed by atoms with E-state index in [9.17, 15) is 18.5 Å².